The third-order valence-electron chi connectivity index (χ3n) is 4.31. The molecule has 1 aromatic rings. The van der Waals surface area contributed by atoms with Crippen molar-refractivity contribution in [3.8, 4) is 0 Å². The molecule has 19 heavy (non-hydrogen) atoms. The Balaban J connectivity index is 1.80. The normalized spacial score (nSPS) is 23.7. The highest BCUT2D eigenvalue weighted by Crippen LogP contribution is 2.29. The van der Waals surface area contributed by atoms with Gasteiger partial charge in [-0.2, -0.15) is 0 Å². The molecule has 2 nitrogen and oxygen atoms in total. The van der Waals surface area contributed by atoms with Crippen LogP contribution in [-0.4, -0.2) is 18.6 Å². The van der Waals surface area contributed by atoms with Crippen molar-refractivity contribution in [2.45, 2.75) is 57.7 Å². The van der Waals surface area contributed by atoms with Crippen LogP contribution in [0.4, 0.5) is 10.1 Å². The van der Waals surface area contributed by atoms with Gasteiger partial charge in [-0.05, 0) is 62.8 Å². The largest absolute Gasteiger partial charge is 0.369 e. The Kier molecular flexibility index (Phi) is 3.74. The van der Waals surface area contributed by atoms with Crippen LogP contribution >= 0.6 is 0 Å². The Labute approximate surface area is 115 Å². The van der Waals surface area contributed by atoms with Gasteiger partial charge in [0.2, 0.25) is 0 Å². The Hall–Kier alpha value is -1.09. The van der Waals surface area contributed by atoms with E-state index in [-0.39, 0.29) is 5.82 Å². The SMILES string of the molecule is CC1CCCCN1c1ccc(F)cc1CNC1CC1. The zero-order chi connectivity index (χ0) is 13.2. The number of nitrogens with one attached hydrogen (secondary N) is 1. The lowest BCUT2D eigenvalue weighted by Gasteiger charge is -2.36. The maximum atomic E-state index is 13.5. The smallest absolute Gasteiger partial charge is 0.123 e. The zero-order valence-electron chi connectivity index (χ0n) is 11.7. The van der Waals surface area contributed by atoms with Crippen molar-refractivity contribution >= 4 is 5.69 Å². The quantitative estimate of drug-likeness (QED) is 0.894. The van der Waals surface area contributed by atoms with Gasteiger partial charge in [-0.3, -0.25) is 0 Å². The van der Waals surface area contributed by atoms with E-state index in [4.69, 9.17) is 0 Å². The predicted molar refractivity (Wildman–Crippen MR) is 76.9 cm³/mol. The molecule has 1 atom stereocenters. The lowest BCUT2D eigenvalue weighted by molar-refractivity contribution is 0.482. The minimum absolute atomic E-state index is 0.124. The van der Waals surface area contributed by atoms with E-state index in [2.05, 4.69) is 17.1 Å². The number of piperidine rings is 1. The number of benzene rings is 1. The van der Waals surface area contributed by atoms with E-state index in [0.717, 1.165) is 18.7 Å². The Morgan fingerprint density at radius 3 is 2.84 bits per heavy atom. The molecule has 0 bridgehead atoms. The number of halogens is 1. The molecule has 1 aromatic carbocycles. The van der Waals surface area contributed by atoms with Crippen LogP contribution in [-0.2, 0) is 6.54 Å². The van der Waals surface area contributed by atoms with Crippen LogP contribution in [0.5, 0.6) is 0 Å². The molecule has 1 aliphatic carbocycles. The first kappa shape index (κ1) is 12.9. The second-order valence-corrected chi connectivity index (χ2v) is 5.97. The van der Waals surface area contributed by atoms with Crippen molar-refractivity contribution in [2.75, 3.05) is 11.4 Å². The molecule has 1 N–H and O–H groups in total. The summed E-state index contributed by atoms with van der Waals surface area (Å²) < 4.78 is 13.5. The maximum absolute atomic E-state index is 13.5. The fourth-order valence-electron chi connectivity index (χ4n) is 2.97. The molecule has 0 radical (unpaired) electrons. The van der Waals surface area contributed by atoms with Crippen molar-refractivity contribution in [2.24, 2.45) is 0 Å². The van der Waals surface area contributed by atoms with Crippen molar-refractivity contribution in [3.63, 3.8) is 0 Å². The molecule has 2 aliphatic rings. The topological polar surface area (TPSA) is 15.3 Å². The molecule has 1 heterocycles. The first-order valence-corrected chi connectivity index (χ1v) is 7.52. The van der Waals surface area contributed by atoms with E-state index in [1.54, 1.807) is 12.1 Å². The average Bonchev–Trinajstić information content (AvgIpc) is 3.22. The van der Waals surface area contributed by atoms with Gasteiger partial charge in [-0.1, -0.05) is 0 Å². The van der Waals surface area contributed by atoms with Gasteiger partial charge in [0.05, 0.1) is 0 Å². The monoisotopic (exact) mass is 262 g/mol. The molecular weight excluding hydrogens is 239 g/mol. The second kappa shape index (κ2) is 5.49. The van der Waals surface area contributed by atoms with Gasteiger partial charge >= 0.3 is 0 Å². The molecule has 0 aromatic heterocycles. The van der Waals surface area contributed by atoms with Gasteiger partial charge in [-0.15, -0.1) is 0 Å². The lowest BCUT2D eigenvalue weighted by Crippen LogP contribution is -2.38. The van der Waals surface area contributed by atoms with E-state index in [1.165, 1.54) is 37.8 Å². The standard InChI is InChI=1S/C16H23FN2/c1-12-4-2-3-9-19(12)16-8-5-14(17)10-13(16)11-18-15-6-7-15/h5,8,10,12,15,18H,2-4,6-7,9,11H2,1H3. The summed E-state index contributed by atoms with van der Waals surface area (Å²) >= 11 is 0. The van der Waals surface area contributed by atoms with Gasteiger partial charge in [0.25, 0.3) is 0 Å². The molecular formula is C16H23FN2. The van der Waals surface area contributed by atoms with Crippen LogP contribution < -0.4 is 10.2 Å². The van der Waals surface area contributed by atoms with Crippen LogP contribution in [0.2, 0.25) is 0 Å². The molecule has 1 unspecified atom stereocenters. The highest BCUT2D eigenvalue weighted by Gasteiger charge is 2.23. The van der Waals surface area contributed by atoms with Crippen molar-refractivity contribution in [1.29, 1.82) is 0 Å². The summed E-state index contributed by atoms with van der Waals surface area (Å²) in [5, 5.41) is 3.50. The molecule has 1 saturated carbocycles. The number of anilines is 1. The Morgan fingerprint density at radius 1 is 1.26 bits per heavy atom. The summed E-state index contributed by atoms with van der Waals surface area (Å²) in [6, 6.07) is 6.48. The van der Waals surface area contributed by atoms with Crippen LogP contribution in [0.3, 0.4) is 0 Å². The fraction of sp³-hybridized carbons (Fsp3) is 0.625. The lowest BCUT2D eigenvalue weighted by atomic mass is 10.0. The minimum atomic E-state index is -0.124. The van der Waals surface area contributed by atoms with E-state index in [1.807, 2.05) is 6.07 Å². The van der Waals surface area contributed by atoms with Crippen LogP contribution in [0.25, 0.3) is 0 Å². The molecule has 0 spiro atoms. The summed E-state index contributed by atoms with van der Waals surface area (Å²) in [5.41, 5.74) is 2.34. The zero-order valence-corrected chi connectivity index (χ0v) is 11.7. The van der Waals surface area contributed by atoms with Gasteiger partial charge in [0, 0.05) is 30.9 Å². The fourth-order valence-corrected chi connectivity index (χ4v) is 2.97. The third kappa shape index (κ3) is 3.08. The van der Waals surface area contributed by atoms with Gasteiger partial charge < -0.3 is 10.2 Å². The molecule has 2 fully saturated rings. The van der Waals surface area contributed by atoms with Gasteiger partial charge in [-0.25, -0.2) is 4.39 Å². The van der Waals surface area contributed by atoms with Crippen LogP contribution in [0.15, 0.2) is 18.2 Å². The first-order chi connectivity index (χ1) is 9.24. The van der Waals surface area contributed by atoms with Crippen LogP contribution in [0, 0.1) is 5.82 Å². The summed E-state index contributed by atoms with van der Waals surface area (Å²) in [5.74, 6) is -0.124. The average molecular weight is 262 g/mol. The number of hydrogen-bond acceptors (Lipinski definition) is 2. The van der Waals surface area contributed by atoms with E-state index in [0.29, 0.717) is 12.1 Å². The summed E-state index contributed by atoms with van der Waals surface area (Å²) in [6.45, 7) is 4.17. The maximum Gasteiger partial charge on any atom is 0.123 e. The minimum Gasteiger partial charge on any atom is -0.369 e. The summed E-state index contributed by atoms with van der Waals surface area (Å²) in [7, 11) is 0. The first-order valence-electron chi connectivity index (χ1n) is 7.52. The number of nitrogens with zero attached hydrogens (tertiary/aromatic N) is 1. The highest BCUT2D eigenvalue weighted by atomic mass is 19.1. The Bertz CT molecular complexity index is 442. The number of rotatable bonds is 4. The van der Waals surface area contributed by atoms with E-state index in [9.17, 15) is 4.39 Å². The highest BCUT2D eigenvalue weighted by molar-refractivity contribution is 5.55. The van der Waals surface area contributed by atoms with Crippen molar-refractivity contribution in [1.82, 2.24) is 5.32 Å². The van der Waals surface area contributed by atoms with E-state index >= 15 is 0 Å². The van der Waals surface area contributed by atoms with Crippen LogP contribution in [0.1, 0.15) is 44.6 Å². The molecule has 3 rings (SSSR count). The molecule has 0 amide bonds. The van der Waals surface area contributed by atoms with E-state index < -0.39 is 0 Å². The molecule has 1 aliphatic heterocycles. The van der Waals surface area contributed by atoms with Crippen molar-refractivity contribution < 1.29 is 4.39 Å². The molecule has 1 saturated heterocycles. The second-order valence-electron chi connectivity index (χ2n) is 5.97. The van der Waals surface area contributed by atoms with Crippen molar-refractivity contribution in [3.05, 3.63) is 29.6 Å². The summed E-state index contributed by atoms with van der Waals surface area (Å²) in [4.78, 5) is 2.45. The molecule has 104 valence electrons. The molecule has 3 heteroatoms. The third-order valence-corrected chi connectivity index (χ3v) is 4.31. The Morgan fingerprint density at radius 2 is 2.11 bits per heavy atom. The van der Waals surface area contributed by atoms with Gasteiger partial charge in [0.15, 0.2) is 0 Å². The predicted octanol–water partition coefficient (Wildman–Crippen LogP) is 3.46. The summed E-state index contributed by atoms with van der Waals surface area (Å²) in [6.07, 6.45) is 6.34. The number of hydrogen-bond donors (Lipinski definition) is 1. The van der Waals surface area contributed by atoms with Gasteiger partial charge in [0.1, 0.15) is 5.82 Å².